The Kier molecular flexibility index (Phi) is 5.26. The quantitative estimate of drug-likeness (QED) is 0.655. The minimum Gasteiger partial charge on any atom is -0.424 e. The van der Waals surface area contributed by atoms with E-state index in [1.807, 2.05) is 25.1 Å². The normalized spacial score (nSPS) is 17.3. The summed E-state index contributed by atoms with van der Waals surface area (Å²) in [6.45, 7) is 8.39. The van der Waals surface area contributed by atoms with E-state index >= 15 is 0 Å². The van der Waals surface area contributed by atoms with Gasteiger partial charge in [-0.2, -0.15) is 4.98 Å². The van der Waals surface area contributed by atoms with Crippen LogP contribution in [0.1, 0.15) is 42.0 Å². The molecule has 1 unspecified atom stereocenters. The first-order valence-corrected chi connectivity index (χ1v) is 9.29. The molecule has 0 amide bonds. The first-order valence-electron chi connectivity index (χ1n) is 9.29. The van der Waals surface area contributed by atoms with Crippen LogP contribution in [0.4, 0.5) is 0 Å². The Balaban J connectivity index is 1.28. The molecule has 1 aliphatic rings. The molecule has 0 radical (unpaired) electrons. The maximum absolute atomic E-state index is 5.83. The van der Waals surface area contributed by atoms with Crippen molar-refractivity contribution in [3.05, 3.63) is 59.4 Å². The molecular formula is C19H24N6O2. The number of benzene rings is 1. The van der Waals surface area contributed by atoms with Crippen molar-refractivity contribution in [2.24, 2.45) is 0 Å². The van der Waals surface area contributed by atoms with Gasteiger partial charge in [-0.05, 0) is 19.4 Å². The third kappa shape index (κ3) is 4.40. The molecule has 1 aliphatic heterocycles. The van der Waals surface area contributed by atoms with E-state index in [1.165, 1.54) is 5.56 Å². The summed E-state index contributed by atoms with van der Waals surface area (Å²) in [5.41, 5.74) is 1.17. The summed E-state index contributed by atoms with van der Waals surface area (Å²) in [7, 11) is 0. The molecule has 27 heavy (non-hydrogen) atoms. The Morgan fingerprint density at radius 1 is 1.04 bits per heavy atom. The molecule has 4 rings (SSSR count). The van der Waals surface area contributed by atoms with E-state index in [4.69, 9.17) is 8.94 Å². The summed E-state index contributed by atoms with van der Waals surface area (Å²) in [6.07, 6.45) is 0.669. The van der Waals surface area contributed by atoms with Gasteiger partial charge in [0.25, 0.3) is 0 Å². The fourth-order valence-corrected chi connectivity index (χ4v) is 3.33. The fourth-order valence-electron chi connectivity index (χ4n) is 3.33. The molecule has 1 aromatic carbocycles. The highest BCUT2D eigenvalue weighted by atomic mass is 16.5. The zero-order chi connectivity index (χ0) is 18.6. The molecule has 8 heteroatoms. The molecule has 0 aliphatic carbocycles. The molecule has 1 fully saturated rings. The van der Waals surface area contributed by atoms with Crippen LogP contribution in [-0.4, -0.2) is 56.3 Å². The van der Waals surface area contributed by atoms with E-state index in [-0.39, 0.29) is 6.04 Å². The molecule has 0 N–H and O–H groups in total. The zero-order valence-electron chi connectivity index (χ0n) is 15.7. The van der Waals surface area contributed by atoms with Crippen LogP contribution in [0.2, 0.25) is 0 Å². The summed E-state index contributed by atoms with van der Waals surface area (Å²) in [5.74, 6) is 2.70. The predicted molar refractivity (Wildman–Crippen MR) is 97.8 cm³/mol. The maximum Gasteiger partial charge on any atom is 0.243 e. The standard InChI is InChI=1S/C19H24N6O2/c1-14(19-20-15(2)23-27-19)25-10-8-24(9-11-25)13-18-22-21-17(26-18)12-16-6-4-3-5-7-16/h3-7,14H,8-13H2,1-2H3. The van der Waals surface area contributed by atoms with Crippen molar-refractivity contribution in [2.75, 3.05) is 26.2 Å². The van der Waals surface area contributed by atoms with Crippen LogP contribution < -0.4 is 0 Å². The van der Waals surface area contributed by atoms with Crippen LogP contribution in [0.5, 0.6) is 0 Å². The number of aryl methyl sites for hydroxylation is 1. The lowest BCUT2D eigenvalue weighted by Crippen LogP contribution is -2.46. The van der Waals surface area contributed by atoms with Gasteiger partial charge in [0.1, 0.15) is 0 Å². The summed E-state index contributed by atoms with van der Waals surface area (Å²) in [5, 5.41) is 12.3. The molecule has 0 bridgehead atoms. The molecule has 3 heterocycles. The Morgan fingerprint density at radius 3 is 2.48 bits per heavy atom. The van der Waals surface area contributed by atoms with Gasteiger partial charge in [0.05, 0.1) is 19.0 Å². The zero-order valence-corrected chi connectivity index (χ0v) is 15.7. The molecule has 1 saturated heterocycles. The molecule has 2 aromatic heterocycles. The Labute approximate surface area is 158 Å². The van der Waals surface area contributed by atoms with Crippen LogP contribution in [0.15, 0.2) is 39.3 Å². The van der Waals surface area contributed by atoms with Crippen LogP contribution >= 0.6 is 0 Å². The van der Waals surface area contributed by atoms with Gasteiger partial charge >= 0.3 is 0 Å². The molecule has 1 atom stereocenters. The second kappa shape index (κ2) is 7.98. The largest absolute Gasteiger partial charge is 0.424 e. The van der Waals surface area contributed by atoms with Crippen molar-refractivity contribution in [3.63, 3.8) is 0 Å². The van der Waals surface area contributed by atoms with Crippen molar-refractivity contribution in [1.82, 2.24) is 30.1 Å². The summed E-state index contributed by atoms with van der Waals surface area (Å²) in [4.78, 5) is 9.04. The molecule has 142 valence electrons. The summed E-state index contributed by atoms with van der Waals surface area (Å²) < 4.78 is 11.1. The molecular weight excluding hydrogens is 344 g/mol. The predicted octanol–water partition coefficient (Wildman–Crippen LogP) is 2.23. The van der Waals surface area contributed by atoms with E-state index in [1.54, 1.807) is 0 Å². The van der Waals surface area contributed by atoms with Crippen molar-refractivity contribution >= 4 is 0 Å². The van der Waals surface area contributed by atoms with Crippen molar-refractivity contribution < 1.29 is 8.94 Å². The SMILES string of the molecule is Cc1noc(C(C)N2CCN(Cc3nnc(Cc4ccccc4)o3)CC2)n1. The van der Waals surface area contributed by atoms with E-state index in [0.717, 1.165) is 26.2 Å². The second-order valence-corrected chi connectivity index (χ2v) is 6.92. The minimum absolute atomic E-state index is 0.134. The first kappa shape index (κ1) is 17.8. The molecule has 3 aromatic rings. The highest BCUT2D eigenvalue weighted by molar-refractivity contribution is 5.17. The molecule has 0 spiro atoms. The number of rotatable bonds is 6. The fraction of sp³-hybridized carbons (Fsp3) is 0.474. The smallest absolute Gasteiger partial charge is 0.243 e. The molecule has 0 saturated carbocycles. The topological polar surface area (TPSA) is 84.3 Å². The van der Waals surface area contributed by atoms with Crippen LogP contribution in [0.25, 0.3) is 0 Å². The van der Waals surface area contributed by atoms with Gasteiger partial charge in [-0.25, -0.2) is 0 Å². The Morgan fingerprint density at radius 2 is 1.78 bits per heavy atom. The number of hydrogen-bond acceptors (Lipinski definition) is 8. The lowest BCUT2D eigenvalue weighted by atomic mass is 10.2. The van der Waals surface area contributed by atoms with Gasteiger partial charge in [0.2, 0.25) is 17.7 Å². The number of piperazine rings is 1. The maximum atomic E-state index is 5.83. The Bertz CT molecular complexity index is 854. The number of nitrogens with zero attached hydrogens (tertiary/aromatic N) is 6. The van der Waals surface area contributed by atoms with Crippen LogP contribution in [-0.2, 0) is 13.0 Å². The van der Waals surface area contributed by atoms with Crippen molar-refractivity contribution in [2.45, 2.75) is 32.9 Å². The van der Waals surface area contributed by atoms with E-state index in [2.05, 4.69) is 49.2 Å². The van der Waals surface area contributed by atoms with E-state index < -0.39 is 0 Å². The lowest BCUT2D eigenvalue weighted by Gasteiger charge is -2.36. The Hall–Kier alpha value is -2.58. The van der Waals surface area contributed by atoms with Gasteiger partial charge in [-0.1, -0.05) is 35.5 Å². The summed E-state index contributed by atoms with van der Waals surface area (Å²) >= 11 is 0. The van der Waals surface area contributed by atoms with Gasteiger partial charge in [0, 0.05) is 26.2 Å². The first-order chi connectivity index (χ1) is 13.2. The second-order valence-electron chi connectivity index (χ2n) is 6.92. The van der Waals surface area contributed by atoms with Crippen molar-refractivity contribution in [3.8, 4) is 0 Å². The monoisotopic (exact) mass is 368 g/mol. The van der Waals surface area contributed by atoms with Gasteiger partial charge in [-0.15, -0.1) is 10.2 Å². The van der Waals surface area contributed by atoms with Crippen LogP contribution in [0, 0.1) is 6.92 Å². The summed E-state index contributed by atoms with van der Waals surface area (Å²) in [6, 6.07) is 10.3. The van der Waals surface area contributed by atoms with Crippen molar-refractivity contribution in [1.29, 1.82) is 0 Å². The van der Waals surface area contributed by atoms with Gasteiger partial charge in [0.15, 0.2) is 5.82 Å². The minimum atomic E-state index is 0.134. The average molecular weight is 368 g/mol. The third-order valence-corrected chi connectivity index (χ3v) is 4.92. The number of hydrogen-bond donors (Lipinski definition) is 0. The van der Waals surface area contributed by atoms with Crippen LogP contribution in [0.3, 0.4) is 0 Å². The molecule has 8 nitrogen and oxygen atoms in total. The van der Waals surface area contributed by atoms with Gasteiger partial charge < -0.3 is 8.94 Å². The third-order valence-electron chi connectivity index (χ3n) is 4.92. The highest BCUT2D eigenvalue weighted by Gasteiger charge is 2.26. The number of aromatic nitrogens is 4. The lowest BCUT2D eigenvalue weighted by molar-refractivity contribution is 0.0796. The highest BCUT2D eigenvalue weighted by Crippen LogP contribution is 2.20. The van der Waals surface area contributed by atoms with Gasteiger partial charge in [-0.3, -0.25) is 9.80 Å². The van der Waals surface area contributed by atoms with E-state index in [9.17, 15) is 0 Å². The average Bonchev–Trinajstić information content (AvgIpc) is 3.31. The van der Waals surface area contributed by atoms with E-state index in [0.29, 0.717) is 36.5 Å².